The molecule has 0 atom stereocenters. The normalized spacial score (nSPS) is 14.8. The SMILES string of the molecule is O=C([O-])c1cnc(Cl)c(OC2COC2)c1.[Na+]. The maximum absolute atomic E-state index is 10.6. The van der Waals surface area contributed by atoms with E-state index in [4.69, 9.17) is 21.1 Å². The van der Waals surface area contributed by atoms with Crippen LogP contribution in [0.2, 0.25) is 5.15 Å². The van der Waals surface area contributed by atoms with E-state index in [1.165, 1.54) is 6.07 Å². The number of ether oxygens (including phenoxy) is 2. The van der Waals surface area contributed by atoms with Gasteiger partial charge < -0.3 is 19.4 Å². The van der Waals surface area contributed by atoms with Crippen LogP contribution >= 0.6 is 11.6 Å². The molecule has 80 valence electrons. The third-order valence-electron chi connectivity index (χ3n) is 1.94. The summed E-state index contributed by atoms with van der Waals surface area (Å²) in [6.45, 7) is 0.956. The van der Waals surface area contributed by atoms with Gasteiger partial charge in [0, 0.05) is 11.8 Å². The molecule has 1 aliphatic heterocycles. The second-order valence-corrected chi connectivity index (χ2v) is 3.44. The summed E-state index contributed by atoms with van der Waals surface area (Å²) in [5.74, 6) is -1.07. The number of hydrogen-bond donors (Lipinski definition) is 0. The van der Waals surface area contributed by atoms with Gasteiger partial charge >= 0.3 is 29.6 Å². The quantitative estimate of drug-likeness (QED) is 0.420. The van der Waals surface area contributed by atoms with Gasteiger partial charge in [-0.05, 0) is 6.07 Å². The molecule has 0 unspecified atom stereocenters. The first-order chi connectivity index (χ1) is 7.16. The van der Waals surface area contributed by atoms with Crippen LogP contribution in [0.4, 0.5) is 0 Å². The zero-order valence-corrected chi connectivity index (χ0v) is 11.4. The van der Waals surface area contributed by atoms with E-state index in [-0.39, 0.29) is 52.1 Å². The Labute approximate surface area is 119 Å². The molecule has 0 radical (unpaired) electrons. The summed E-state index contributed by atoms with van der Waals surface area (Å²) in [6, 6.07) is 1.29. The van der Waals surface area contributed by atoms with Crippen molar-refractivity contribution >= 4 is 17.6 Å². The van der Waals surface area contributed by atoms with Crippen molar-refractivity contribution in [1.29, 1.82) is 0 Å². The largest absolute Gasteiger partial charge is 1.00 e. The van der Waals surface area contributed by atoms with Gasteiger partial charge in [0.15, 0.2) is 10.9 Å². The monoisotopic (exact) mass is 251 g/mol. The number of aromatic nitrogens is 1. The predicted octanol–water partition coefficient (Wildman–Crippen LogP) is -3.12. The minimum atomic E-state index is -1.31. The average Bonchev–Trinajstić information content (AvgIpc) is 2.13. The van der Waals surface area contributed by atoms with Crippen molar-refractivity contribution in [3.05, 3.63) is 23.0 Å². The number of nitrogens with zero attached hydrogens (tertiary/aromatic N) is 1. The van der Waals surface area contributed by atoms with Crippen molar-refractivity contribution in [3.8, 4) is 5.75 Å². The van der Waals surface area contributed by atoms with Crippen molar-refractivity contribution in [3.63, 3.8) is 0 Å². The van der Waals surface area contributed by atoms with Gasteiger partial charge in [0.05, 0.1) is 19.2 Å². The average molecular weight is 252 g/mol. The Hall–Kier alpha value is -0.330. The van der Waals surface area contributed by atoms with Crippen LogP contribution in [0.3, 0.4) is 0 Å². The van der Waals surface area contributed by atoms with E-state index in [0.717, 1.165) is 6.20 Å². The number of halogens is 1. The number of pyridine rings is 1. The van der Waals surface area contributed by atoms with Crippen LogP contribution in [-0.4, -0.2) is 30.3 Å². The maximum atomic E-state index is 10.6. The Bertz CT molecular complexity index is 397. The first-order valence-corrected chi connectivity index (χ1v) is 4.66. The van der Waals surface area contributed by atoms with Crippen molar-refractivity contribution in [2.45, 2.75) is 6.10 Å². The summed E-state index contributed by atoms with van der Waals surface area (Å²) in [6.07, 6.45) is 1.04. The van der Waals surface area contributed by atoms with E-state index >= 15 is 0 Å². The summed E-state index contributed by atoms with van der Waals surface area (Å²) in [5.41, 5.74) is -0.0605. The maximum Gasteiger partial charge on any atom is 1.00 e. The van der Waals surface area contributed by atoms with Crippen molar-refractivity contribution in [2.24, 2.45) is 0 Å². The molecule has 16 heavy (non-hydrogen) atoms. The van der Waals surface area contributed by atoms with E-state index in [2.05, 4.69) is 4.98 Å². The van der Waals surface area contributed by atoms with E-state index in [1.807, 2.05) is 0 Å². The molecule has 1 fully saturated rings. The smallest absolute Gasteiger partial charge is 0.545 e. The fraction of sp³-hybridized carbons (Fsp3) is 0.333. The van der Waals surface area contributed by atoms with E-state index in [1.54, 1.807) is 0 Å². The molecule has 0 N–H and O–H groups in total. The second kappa shape index (κ2) is 5.84. The van der Waals surface area contributed by atoms with E-state index in [9.17, 15) is 9.90 Å². The van der Waals surface area contributed by atoms with Gasteiger partial charge in [-0.25, -0.2) is 4.98 Å². The fourth-order valence-electron chi connectivity index (χ4n) is 1.08. The molecule has 0 aliphatic carbocycles. The second-order valence-electron chi connectivity index (χ2n) is 3.08. The molecule has 1 aromatic heterocycles. The number of rotatable bonds is 3. The first-order valence-electron chi connectivity index (χ1n) is 4.28. The van der Waals surface area contributed by atoms with Crippen LogP contribution in [0.1, 0.15) is 10.4 Å². The number of hydrogen-bond acceptors (Lipinski definition) is 5. The summed E-state index contributed by atoms with van der Waals surface area (Å²) in [5, 5.41) is 10.7. The van der Waals surface area contributed by atoms with Gasteiger partial charge in [-0.15, -0.1) is 0 Å². The minimum absolute atomic E-state index is 0. The molecule has 1 aliphatic rings. The predicted molar refractivity (Wildman–Crippen MR) is 48.8 cm³/mol. The van der Waals surface area contributed by atoms with Gasteiger partial charge in [0.2, 0.25) is 0 Å². The van der Waals surface area contributed by atoms with E-state index in [0.29, 0.717) is 13.2 Å². The Morgan fingerprint density at radius 2 is 2.31 bits per heavy atom. The van der Waals surface area contributed by atoms with Crippen LogP contribution in [-0.2, 0) is 4.74 Å². The number of carboxylic acids is 1. The zero-order valence-electron chi connectivity index (χ0n) is 8.60. The Morgan fingerprint density at radius 1 is 1.62 bits per heavy atom. The molecule has 0 saturated carbocycles. The molecule has 7 heteroatoms. The first kappa shape index (κ1) is 13.7. The zero-order chi connectivity index (χ0) is 10.8. The summed E-state index contributed by atoms with van der Waals surface area (Å²) < 4.78 is 10.3. The molecule has 0 amide bonds. The third-order valence-corrected chi connectivity index (χ3v) is 2.23. The Balaban J connectivity index is 0.00000128. The third kappa shape index (κ3) is 3.09. The standard InChI is InChI=1S/C9H8ClNO4.Na/c10-8-7(15-6-3-14-4-6)1-5(2-11-8)9(12)13;/h1-2,6H,3-4H2,(H,12,13);/q;+1/p-1. The summed E-state index contributed by atoms with van der Waals surface area (Å²) >= 11 is 5.74. The van der Waals surface area contributed by atoms with Gasteiger partial charge in [0.25, 0.3) is 0 Å². The molecule has 2 heterocycles. The van der Waals surface area contributed by atoms with Gasteiger partial charge in [-0.2, -0.15) is 0 Å². The van der Waals surface area contributed by atoms with Gasteiger partial charge in [-0.3, -0.25) is 0 Å². The van der Waals surface area contributed by atoms with Crippen LogP contribution in [0.15, 0.2) is 12.3 Å². The molecule has 0 aromatic carbocycles. The number of carbonyl (C=O) groups is 1. The van der Waals surface area contributed by atoms with Crippen molar-refractivity contribution in [2.75, 3.05) is 13.2 Å². The molecule has 5 nitrogen and oxygen atoms in total. The fourth-order valence-corrected chi connectivity index (χ4v) is 1.23. The summed E-state index contributed by atoms with van der Waals surface area (Å²) in [4.78, 5) is 14.2. The minimum Gasteiger partial charge on any atom is -0.545 e. The molecule has 1 saturated heterocycles. The topological polar surface area (TPSA) is 71.5 Å². The van der Waals surface area contributed by atoms with Crippen LogP contribution < -0.4 is 39.4 Å². The van der Waals surface area contributed by atoms with Gasteiger partial charge in [0.1, 0.15) is 6.10 Å². The summed E-state index contributed by atoms with van der Waals surface area (Å²) in [7, 11) is 0. The molecule has 2 rings (SSSR count). The Kier molecular flexibility index (Phi) is 5.01. The number of aromatic carboxylic acids is 1. The van der Waals surface area contributed by atoms with Crippen LogP contribution in [0.25, 0.3) is 0 Å². The number of carboxylic acid groups (broad SMARTS) is 1. The molecule has 0 bridgehead atoms. The molecular weight excluding hydrogens is 245 g/mol. The Morgan fingerprint density at radius 3 is 2.81 bits per heavy atom. The van der Waals surface area contributed by atoms with Crippen LogP contribution in [0, 0.1) is 0 Å². The molecule has 0 spiro atoms. The van der Waals surface area contributed by atoms with Crippen LogP contribution in [0.5, 0.6) is 5.75 Å². The van der Waals surface area contributed by atoms with Crippen molar-refractivity contribution < 1.29 is 48.9 Å². The number of carbonyl (C=O) groups excluding carboxylic acids is 1. The molecule has 1 aromatic rings. The van der Waals surface area contributed by atoms with Crippen molar-refractivity contribution in [1.82, 2.24) is 4.98 Å². The van der Waals surface area contributed by atoms with Gasteiger partial charge in [-0.1, -0.05) is 11.6 Å². The molecular formula is C9H7ClNNaO4. The van der Waals surface area contributed by atoms with E-state index < -0.39 is 5.97 Å².